The van der Waals surface area contributed by atoms with Crippen molar-refractivity contribution in [1.29, 1.82) is 0 Å². The van der Waals surface area contributed by atoms with Gasteiger partial charge >= 0.3 is 11.8 Å². The third-order valence-corrected chi connectivity index (χ3v) is 5.18. The maximum Gasteiger partial charge on any atom is 0.377 e. The summed E-state index contributed by atoms with van der Waals surface area (Å²) in [5, 5.41) is 42.4. The van der Waals surface area contributed by atoms with Crippen LogP contribution in [0.4, 0.5) is 0 Å². The third kappa shape index (κ3) is 1.83. The zero-order valence-electron chi connectivity index (χ0n) is 13.7. The van der Waals surface area contributed by atoms with Gasteiger partial charge in [-0.05, 0) is 52.3 Å². The summed E-state index contributed by atoms with van der Waals surface area (Å²) in [5.74, 6) is -5.12. The minimum absolute atomic E-state index is 0.128. The van der Waals surface area contributed by atoms with E-state index in [-0.39, 0.29) is 35.0 Å². The summed E-state index contributed by atoms with van der Waals surface area (Å²) >= 11 is 0. The molecule has 0 aromatic heterocycles. The Balaban J connectivity index is 2.05. The second-order valence-electron chi connectivity index (χ2n) is 6.68. The molecule has 1 aliphatic heterocycles. The number of ether oxygens (including phenoxy) is 1. The summed E-state index contributed by atoms with van der Waals surface area (Å²) in [4.78, 5) is 23.9. The largest absolute Gasteiger partial charge is 0.507 e. The highest BCUT2D eigenvalue weighted by Crippen LogP contribution is 2.50. The Bertz CT molecular complexity index is 1250. The normalized spacial score (nSPS) is 20.1. The van der Waals surface area contributed by atoms with Crippen LogP contribution in [0.3, 0.4) is 0 Å². The van der Waals surface area contributed by atoms with Gasteiger partial charge in [-0.25, -0.2) is 4.79 Å². The van der Waals surface area contributed by atoms with E-state index in [0.29, 0.717) is 32.7 Å². The topological polar surface area (TPSA) is 124 Å². The van der Waals surface area contributed by atoms with Crippen LogP contribution in [0.2, 0.25) is 0 Å². The number of aliphatic carboxylic acids is 1. The summed E-state index contributed by atoms with van der Waals surface area (Å²) in [7, 11) is 0. The van der Waals surface area contributed by atoms with Crippen molar-refractivity contribution in [1.82, 2.24) is 0 Å². The number of carbonyl (C=O) groups is 2. The molecule has 2 aliphatic rings. The molecule has 4 N–H and O–H groups in total. The van der Waals surface area contributed by atoms with Crippen molar-refractivity contribution < 1.29 is 34.8 Å². The molecule has 3 aromatic rings. The molecule has 0 spiro atoms. The molecule has 0 fully saturated rings. The monoisotopic (exact) mass is 364 g/mol. The van der Waals surface area contributed by atoms with Gasteiger partial charge in [0.15, 0.2) is 17.3 Å². The van der Waals surface area contributed by atoms with E-state index in [2.05, 4.69) is 0 Å². The first-order valence-corrected chi connectivity index (χ1v) is 8.15. The van der Waals surface area contributed by atoms with E-state index in [9.17, 15) is 30.0 Å². The number of benzene rings is 3. The second kappa shape index (κ2) is 4.77. The van der Waals surface area contributed by atoms with Gasteiger partial charge < -0.3 is 25.2 Å². The van der Waals surface area contributed by atoms with Crippen molar-refractivity contribution in [3.05, 3.63) is 47.0 Å². The summed E-state index contributed by atoms with van der Waals surface area (Å²) in [6.07, 6.45) is 2.59. The van der Waals surface area contributed by atoms with Crippen LogP contribution in [0, 0.1) is 0 Å². The van der Waals surface area contributed by atoms with Crippen molar-refractivity contribution in [2.45, 2.75) is 12.2 Å². The zero-order valence-corrected chi connectivity index (χ0v) is 13.7. The SMILES string of the molecule is O=C1C=Cc2c3ccc(O)c4c3c(c3ccc(O)c1c23)C[C@@](O)(C(=O)O)O4. The van der Waals surface area contributed by atoms with Crippen LogP contribution in [0.25, 0.3) is 27.6 Å². The van der Waals surface area contributed by atoms with Crippen LogP contribution in [0.5, 0.6) is 17.2 Å². The molecule has 3 aromatic carbocycles. The van der Waals surface area contributed by atoms with Gasteiger partial charge in [0.1, 0.15) is 5.75 Å². The minimum Gasteiger partial charge on any atom is -0.507 e. The van der Waals surface area contributed by atoms with E-state index in [4.69, 9.17) is 4.74 Å². The molecular formula is C20H12O7. The molecule has 0 radical (unpaired) electrons. The molecular weight excluding hydrogens is 352 g/mol. The zero-order chi connectivity index (χ0) is 19.1. The number of carboxylic acids is 1. The number of fused-ring (bicyclic) bond motifs is 2. The lowest BCUT2D eigenvalue weighted by Gasteiger charge is -2.33. The summed E-state index contributed by atoms with van der Waals surface area (Å²) < 4.78 is 5.29. The fraction of sp³-hybridized carbons (Fsp3) is 0.100. The number of ketones is 1. The minimum atomic E-state index is -2.56. The van der Waals surface area contributed by atoms with Gasteiger partial charge in [-0.2, -0.15) is 0 Å². The number of allylic oxidation sites excluding steroid dienone is 1. The van der Waals surface area contributed by atoms with E-state index in [1.807, 2.05) is 0 Å². The molecule has 1 heterocycles. The number of phenols is 2. The first-order valence-electron chi connectivity index (χ1n) is 8.15. The highest BCUT2D eigenvalue weighted by atomic mass is 16.7. The number of carboxylic acid groups (broad SMARTS) is 1. The van der Waals surface area contributed by atoms with Crippen molar-refractivity contribution in [3.63, 3.8) is 0 Å². The molecule has 0 amide bonds. The standard InChI is InChI=1S/C20H12O7/c21-12-4-1-8-9-3-6-14(23)18-16(9)11(7-20(26,27-18)19(24)25)10-2-5-13(22)17(12)15(8)10/h1-6,22-23,26H,7H2,(H,24,25)/t20-/m0/s1. The lowest BCUT2D eigenvalue weighted by molar-refractivity contribution is -0.194. The van der Waals surface area contributed by atoms with E-state index in [1.54, 1.807) is 18.2 Å². The maximum atomic E-state index is 12.3. The lowest BCUT2D eigenvalue weighted by Crippen LogP contribution is -2.48. The van der Waals surface area contributed by atoms with Crippen LogP contribution in [0.15, 0.2) is 30.3 Å². The molecule has 1 aliphatic carbocycles. The number of hydrogen-bond acceptors (Lipinski definition) is 6. The van der Waals surface area contributed by atoms with Gasteiger partial charge in [-0.1, -0.05) is 6.07 Å². The molecule has 1 atom stereocenters. The smallest absolute Gasteiger partial charge is 0.377 e. The summed E-state index contributed by atoms with van der Waals surface area (Å²) in [5.41, 5.74) is 1.21. The number of aliphatic hydroxyl groups is 1. The van der Waals surface area contributed by atoms with Gasteiger partial charge in [0.2, 0.25) is 0 Å². The van der Waals surface area contributed by atoms with E-state index >= 15 is 0 Å². The van der Waals surface area contributed by atoms with Crippen LogP contribution in [0.1, 0.15) is 21.5 Å². The van der Waals surface area contributed by atoms with Gasteiger partial charge in [-0.15, -0.1) is 0 Å². The number of hydrogen-bond donors (Lipinski definition) is 4. The number of aromatic hydroxyl groups is 2. The molecule has 5 rings (SSSR count). The fourth-order valence-corrected chi connectivity index (χ4v) is 4.00. The van der Waals surface area contributed by atoms with Crippen LogP contribution >= 0.6 is 0 Å². The van der Waals surface area contributed by atoms with Crippen molar-refractivity contribution in [3.8, 4) is 17.2 Å². The number of rotatable bonds is 1. The molecule has 0 saturated heterocycles. The first-order chi connectivity index (χ1) is 12.8. The summed E-state index contributed by atoms with van der Waals surface area (Å²) in [6.45, 7) is 0. The van der Waals surface area contributed by atoms with Gasteiger partial charge in [0.05, 0.1) is 12.0 Å². The predicted octanol–water partition coefficient (Wildman–Crippen LogP) is 2.32. The second-order valence-corrected chi connectivity index (χ2v) is 6.68. The van der Waals surface area contributed by atoms with Gasteiger partial charge in [0, 0.05) is 10.8 Å². The predicted molar refractivity (Wildman–Crippen MR) is 95.1 cm³/mol. The Kier molecular flexibility index (Phi) is 2.77. The molecule has 0 saturated carbocycles. The Morgan fingerprint density at radius 2 is 1.70 bits per heavy atom. The van der Waals surface area contributed by atoms with Crippen molar-refractivity contribution in [2.75, 3.05) is 0 Å². The van der Waals surface area contributed by atoms with Crippen LogP contribution < -0.4 is 4.74 Å². The fourth-order valence-electron chi connectivity index (χ4n) is 4.00. The molecule has 7 nitrogen and oxygen atoms in total. The van der Waals surface area contributed by atoms with Gasteiger partial charge in [0.25, 0.3) is 0 Å². The lowest BCUT2D eigenvalue weighted by atomic mass is 9.82. The van der Waals surface area contributed by atoms with E-state index < -0.39 is 11.8 Å². The van der Waals surface area contributed by atoms with E-state index in [0.717, 1.165) is 0 Å². The average molecular weight is 364 g/mol. The number of phenolic OH excluding ortho intramolecular Hbond substituents is 2. The Morgan fingerprint density at radius 3 is 2.44 bits per heavy atom. The highest BCUT2D eigenvalue weighted by molar-refractivity contribution is 6.26. The van der Waals surface area contributed by atoms with Crippen LogP contribution in [-0.4, -0.2) is 38.0 Å². The molecule has 134 valence electrons. The highest BCUT2D eigenvalue weighted by Gasteiger charge is 2.45. The van der Waals surface area contributed by atoms with E-state index in [1.165, 1.54) is 18.2 Å². The average Bonchev–Trinajstić information content (AvgIpc) is 2.63. The Morgan fingerprint density at radius 1 is 1.00 bits per heavy atom. The first kappa shape index (κ1) is 15.7. The quantitative estimate of drug-likeness (QED) is 0.489. The molecule has 0 bridgehead atoms. The van der Waals surface area contributed by atoms with Crippen molar-refractivity contribution in [2.24, 2.45) is 0 Å². The third-order valence-electron chi connectivity index (χ3n) is 5.18. The molecule has 7 heteroatoms. The molecule has 0 unspecified atom stereocenters. The number of carbonyl (C=O) groups excluding carboxylic acids is 1. The van der Waals surface area contributed by atoms with Crippen molar-refractivity contribution >= 4 is 39.4 Å². The Labute approximate surface area is 151 Å². The maximum absolute atomic E-state index is 12.3. The van der Waals surface area contributed by atoms with Crippen LogP contribution in [-0.2, 0) is 11.2 Å². The summed E-state index contributed by atoms with van der Waals surface area (Å²) in [6, 6.07) is 5.90. The molecule has 27 heavy (non-hydrogen) atoms. The Hall–Kier alpha value is -3.58. The van der Waals surface area contributed by atoms with Gasteiger partial charge in [-0.3, -0.25) is 4.79 Å².